The zero-order chi connectivity index (χ0) is 10.8. The van der Waals surface area contributed by atoms with Gasteiger partial charge in [0.2, 0.25) is 0 Å². The molecule has 3 atom stereocenters. The summed E-state index contributed by atoms with van der Waals surface area (Å²) in [5, 5.41) is 0.369. The van der Waals surface area contributed by atoms with E-state index in [1.807, 2.05) is 6.08 Å². The van der Waals surface area contributed by atoms with Gasteiger partial charge in [0.25, 0.3) is 0 Å². The van der Waals surface area contributed by atoms with Crippen molar-refractivity contribution in [2.24, 2.45) is 17.3 Å². The lowest BCUT2D eigenvalue weighted by atomic mass is 9.67. The van der Waals surface area contributed by atoms with E-state index in [4.69, 9.17) is 11.6 Å². The van der Waals surface area contributed by atoms with Crippen molar-refractivity contribution in [2.75, 3.05) is 0 Å². The molecule has 0 aromatic rings. The van der Waals surface area contributed by atoms with Crippen molar-refractivity contribution >= 4 is 11.6 Å². The molecule has 1 heteroatoms. The normalized spacial score (nSPS) is 34.1. The predicted molar refractivity (Wildman–Crippen MR) is 64.7 cm³/mol. The average molecular weight is 215 g/mol. The lowest BCUT2D eigenvalue weighted by Crippen LogP contribution is -2.35. The van der Waals surface area contributed by atoms with Crippen LogP contribution in [-0.4, -0.2) is 5.38 Å². The van der Waals surface area contributed by atoms with Crippen molar-refractivity contribution in [1.29, 1.82) is 0 Å². The highest BCUT2D eigenvalue weighted by molar-refractivity contribution is 6.20. The highest BCUT2D eigenvalue weighted by atomic mass is 35.5. The van der Waals surface area contributed by atoms with E-state index in [0.717, 1.165) is 12.3 Å². The summed E-state index contributed by atoms with van der Waals surface area (Å²) in [5.74, 6) is 1.48. The second kappa shape index (κ2) is 4.70. The Balaban J connectivity index is 2.62. The number of rotatable bonds is 3. The van der Waals surface area contributed by atoms with Gasteiger partial charge in [-0.3, -0.25) is 0 Å². The van der Waals surface area contributed by atoms with Crippen LogP contribution in [0, 0.1) is 17.3 Å². The van der Waals surface area contributed by atoms with Crippen LogP contribution < -0.4 is 0 Å². The first-order valence-electron chi connectivity index (χ1n) is 5.72. The molecule has 1 aliphatic carbocycles. The molecule has 1 fully saturated rings. The summed E-state index contributed by atoms with van der Waals surface area (Å²) in [7, 11) is 0. The van der Waals surface area contributed by atoms with Gasteiger partial charge in [0.1, 0.15) is 0 Å². The van der Waals surface area contributed by atoms with E-state index in [9.17, 15) is 0 Å². The lowest BCUT2D eigenvalue weighted by molar-refractivity contribution is 0.145. The molecule has 0 amide bonds. The van der Waals surface area contributed by atoms with Crippen molar-refractivity contribution in [2.45, 2.75) is 51.8 Å². The maximum atomic E-state index is 6.46. The molecule has 1 saturated carbocycles. The molecule has 0 spiro atoms. The SMILES string of the molecule is C=CCC(C)(C)C1CCC(C)CC1Cl. The van der Waals surface area contributed by atoms with Gasteiger partial charge in [-0.1, -0.05) is 33.3 Å². The van der Waals surface area contributed by atoms with E-state index in [1.54, 1.807) is 0 Å². The summed E-state index contributed by atoms with van der Waals surface area (Å²) < 4.78 is 0. The molecule has 0 heterocycles. The second-order valence-corrected chi connectivity index (χ2v) is 6.08. The molecule has 0 N–H and O–H groups in total. The molecule has 0 aliphatic heterocycles. The lowest BCUT2D eigenvalue weighted by Gasteiger charge is -2.41. The summed E-state index contributed by atoms with van der Waals surface area (Å²) in [6.45, 7) is 10.8. The Kier molecular flexibility index (Phi) is 4.06. The van der Waals surface area contributed by atoms with Gasteiger partial charge in [0.05, 0.1) is 0 Å². The van der Waals surface area contributed by atoms with E-state index in [-0.39, 0.29) is 0 Å². The molecule has 0 radical (unpaired) electrons. The summed E-state index contributed by atoms with van der Waals surface area (Å²) in [6.07, 6.45) is 6.92. The molecular weight excluding hydrogens is 192 g/mol. The Hall–Kier alpha value is 0.0300. The smallest absolute Gasteiger partial charge is 0.0372 e. The van der Waals surface area contributed by atoms with Crippen molar-refractivity contribution in [3.8, 4) is 0 Å². The van der Waals surface area contributed by atoms with E-state index in [2.05, 4.69) is 27.4 Å². The van der Waals surface area contributed by atoms with Crippen LogP contribution in [0.3, 0.4) is 0 Å². The predicted octanol–water partition coefficient (Wildman–Crippen LogP) is 4.63. The molecule has 0 nitrogen and oxygen atoms in total. The molecule has 3 unspecified atom stereocenters. The van der Waals surface area contributed by atoms with Crippen molar-refractivity contribution < 1.29 is 0 Å². The Morgan fingerprint density at radius 2 is 2.07 bits per heavy atom. The fourth-order valence-corrected chi connectivity index (χ4v) is 3.49. The summed E-state index contributed by atoms with van der Waals surface area (Å²) in [6, 6.07) is 0. The largest absolute Gasteiger partial charge is 0.123 e. The topological polar surface area (TPSA) is 0 Å². The first-order chi connectivity index (χ1) is 6.47. The Morgan fingerprint density at radius 3 is 2.57 bits per heavy atom. The fraction of sp³-hybridized carbons (Fsp3) is 0.846. The zero-order valence-corrected chi connectivity index (χ0v) is 10.5. The maximum absolute atomic E-state index is 6.46. The molecule has 1 aliphatic rings. The van der Waals surface area contributed by atoms with E-state index >= 15 is 0 Å². The molecule has 14 heavy (non-hydrogen) atoms. The number of hydrogen-bond acceptors (Lipinski definition) is 0. The van der Waals surface area contributed by atoms with Crippen LogP contribution in [0.25, 0.3) is 0 Å². The van der Waals surface area contributed by atoms with Gasteiger partial charge in [0, 0.05) is 5.38 Å². The Bertz CT molecular complexity index is 195. The van der Waals surface area contributed by atoms with Crippen LogP contribution >= 0.6 is 11.6 Å². The fourth-order valence-electron chi connectivity index (χ4n) is 2.72. The molecular formula is C13H23Cl. The van der Waals surface area contributed by atoms with Crippen LogP contribution in [0.4, 0.5) is 0 Å². The third-order valence-corrected chi connectivity index (χ3v) is 4.19. The van der Waals surface area contributed by atoms with Crippen molar-refractivity contribution in [3.05, 3.63) is 12.7 Å². The minimum Gasteiger partial charge on any atom is -0.123 e. The second-order valence-electron chi connectivity index (χ2n) is 5.52. The van der Waals surface area contributed by atoms with Gasteiger partial charge in [-0.05, 0) is 36.5 Å². The molecule has 0 bridgehead atoms. The molecule has 0 aromatic heterocycles. The van der Waals surface area contributed by atoms with Crippen molar-refractivity contribution in [1.82, 2.24) is 0 Å². The van der Waals surface area contributed by atoms with Crippen LogP contribution in [0.2, 0.25) is 0 Å². The molecule has 1 rings (SSSR count). The third-order valence-electron chi connectivity index (χ3n) is 3.71. The van der Waals surface area contributed by atoms with Crippen LogP contribution in [0.15, 0.2) is 12.7 Å². The van der Waals surface area contributed by atoms with Crippen LogP contribution in [0.5, 0.6) is 0 Å². The first kappa shape index (κ1) is 12.1. The van der Waals surface area contributed by atoms with Gasteiger partial charge in [0.15, 0.2) is 0 Å². The van der Waals surface area contributed by atoms with E-state index < -0.39 is 0 Å². The minimum absolute atomic E-state index is 0.328. The number of hydrogen-bond donors (Lipinski definition) is 0. The number of alkyl halides is 1. The Labute approximate surface area is 93.7 Å². The van der Waals surface area contributed by atoms with Crippen LogP contribution in [0.1, 0.15) is 46.5 Å². The van der Waals surface area contributed by atoms with Crippen molar-refractivity contribution in [3.63, 3.8) is 0 Å². The number of halogens is 1. The highest BCUT2D eigenvalue weighted by Gasteiger charge is 2.37. The van der Waals surface area contributed by atoms with Gasteiger partial charge in [-0.2, -0.15) is 0 Å². The summed E-state index contributed by atoms with van der Waals surface area (Å²) in [4.78, 5) is 0. The monoisotopic (exact) mass is 214 g/mol. The highest BCUT2D eigenvalue weighted by Crippen LogP contribution is 2.44. The van der Waals surface area contributed by atoms with Gasteiger partial charge >= 0.3 is 0 Å². The Morgan fingerprint density at radius 1 is 1.43 bits per heavy atom. The minimum atomic E-state index is 0.328. The maximum Gasteiger partial charge on any atom is 0.0372 e. The molecule has 82 valence electrons. The van der Waals surface area contributed by atoms with Gasteiger partial charge < -0.3 is 0 Å². The summed E-state index contributed by atoms with van der Waals surface area (Å²) in [5.41, 5.74) is 0.328. The van der Waals surface area contributed by atoms with E-state index in [1.165, 1.54) is 19.3 Å². The first-order valence-corrected chi connectivity index (χ1v) is 6.16. The molecule has 0 aromatic carbocycles. The van der Waals surface area contributed by atoms with Crippen LogP contribution in [-0.2, 0) is 0 Å². The number of allylic oxidation sites excluding steroid dienone is 1. The third kappa shape index (κ3) is 2.76. The summed E-state index contributed by atoms with van der Waals surface area (Å²) >= 11 is 6.46. The van der Waals surface area contributed by atoms with E-state index in [0.29, 0.717) is 16.7 Å². The van der Waals surface area contributed by atoms with Gasteiger partial charge in [-0.25, -0.2) is 0 Å². The standard InChI is InChI=1S/C13H23Cl/c1-5-8-13(3,4)11-7-6-10(2)9-12(11)14/h5,10-12H,1,6-9H2,2-4H3. The quantitative estimate of drug-likeness (QED) is 0.475. The average Bonchev–Trinajstić information content (AvgIpc) is 2.02. The molecule has 0 saturated heterocycles. The van der Waals surface area contributed by atoms with Gasteiger partial charge in [-0.15, -0.1) is 18.2 Å². The zero-order valence-electron chi connectivity index (χ0n) is 9.72.